The number of hydrogen-bond acceptors (Lipinski definition) is 3. The lowest BCUT2D eigenvalue weighted by Crippen LogP contribution is -2.15. The Kier molecular flexibility index (Phi) is 4.32. The van der Waals surface area contributed by atoms with Crippen molar-refractivity contribution in [3.8, 4) is 0 Å². The minimum atomic E-state index is 0.0912. The van der Waals surface area contributed by atoms with Crippen molar-refractivity contribution in [2.45, 2.75) is 47.1 Å². The molecule has 0 aliphatic heterocycles. The van der Waals surface area contributed by atoms with Crippen molar-refractivity contribution < 1.29 is 4.79 Å². The first kappa shape index (κ1) is 14.4. The van der Waals surface area contributed by atoms with Gasteiger partial charge in [-0.25, -0.2) is 9.67 Å². The van der Waals surface area contributed by atoms with E-state index >= 15 is 0 Å². The number of aryl methyl sites for hydroxylation is 4. The third kappa shape index (κ3) is 2.95. The predicted octanol–water partition coefficient (Wildman–Crippen LogP) is 2.90. The van der Waals surface area contributed by atoms with Gasteiger partial charge in [-0.05, 0) is 25.5 Å². The van der Waals surface area contributed by atoms with Gasteiger partial charge in [0.05, 0.1) is 0 Å². The van der Waals surface area contributed by atoms with E-state index in [0.717, 1.165) is 41.2 Å². The van der Waals surface area contributed by atoms with E-state index in [0.29, 0.717) is 0 Å². The maximum Gasteiger partial charge on any atom is 0.184 e. The molecule has 1 aromatic heterocycles. The number of benzene rings is 1. The summed E-state index contributed by atoms with van der Waals surface area (Å²) < 4.78 is 1.74. The maximum atomic E-state index is 12.5. The average molecular weight is 271 g/mol. The molecule has 1 aromatic carbocycles. The van der Waals surface area contributed by atoms with Crippen LogP contribution in [0.15, 0.2) is 18.2 Å². The summed E-state index contributed by atoms with van der Waals surface area (Å²) in [6.07, 6.45) is 1.57. The fourth-order valence-electron chi connectivity index (χ4n) is 2.22. The quantitative estimate of drug-likeness (QED) is 0.786. The zero-order valence-electron chi connectivity index (χ0n) is 12.6. The Hall–Kier alpha value is -1.97. The van der Waals surface area contributed by atoms with Crippen molar-refractivity contribution in [1.29, 1.82) is 0 Å². The van der Waals surface area contributed by atoms with E-state index in [1.807, 2.05) is 45.9 Å². The molecule has 0 saturated carbocycles. The molecule has 0 fully saturated rings. The number of Topliss-reactive ketones (excluding diaryl/α,β-unsaturated/α-hetero) is 1. The Balaban J connectivity index is 2.27. The zero-order valence-corrected chi connectivity index (χ0v) is 12.6. The fraction of sp³-hybridized carbons (Fsp3) is 0.438. The predicted molar refractivity (Wildman–Crippen MR) is 79.0 cm³/mol. The normalized spacial score (nSPS) is 10.8. The van der Waals surface area contributed by atoms with Gasteiger partial charge < -0.3 is 0 Å². The summed E-state index contributed by atoms with van der Waals surface area (Å²) in [6, 6.07) is 5.96. The van der Waals surface area contributed by atoms with E-state index < -0.39 is 0 Å². The monoisotopic (exact) mass is 271 g/mol. The lowest BCUT2D eigenvalue weighted by molar-refractivity contribution is 0.0965. The summed E-state index contributed by atoms with van der Waals surface area (Å²) in [5.74, 6) is 1.77. The number of carbonyl (C=O) groups is 1. The number of carbonyl (C=O) groups excluding carboxylic acids is 1. The molecule has 4 nitrogen and oxygen atoms in total. The van der Waals surface area contributed by atoms with Gasteiger partial charge in [0, 0.05) is 18.4 Å². The Morgan fingerprint density at radius 3 is 2.60 bits per heavy atom. The number of hydrogen-bond donors (Lipinski definition) is 0. The van der Waals surface area contributed by atoms with Gasteiger partial charge in [0.15, 0.2) is 11.6 Å². The molecule has 0 unspecified atom stereocenters. The minimum Gasteiger partial charge on any atom is -0.292 e. The molecular weight excluding hydrogens is 250 g/mol. The molecule has 0 radical (unpaired) electrons. The summed E-state index contributed by atoms with van der Waals surface area (Å²) in [5.41, 5.74) is 2.89. The van der Waals surface area contributed by atoms with Crippen LogP contribution in [-0.4, -0.2) is 20.5 Å². The van der Waals surface area contributed by atoms with E-state index in [2.05, 4.69) is 10.1 Å². The molecule has 2 aromatic rings. The fourth-order valence-corrected chi connectivity index (χ4v) is 2.22. The molecule has 0 spiro atoms. The largest absolute Gasteiger partial charge is 0.292 e. The summed E-state index contributed by atoms with van der Waals surface area (Å²) in [4.78, 5) is 16.9. The highest BCUT2D eigenvalue weighted by molar-refractivity contribution is 5.97. The van der Waals surface area contributed by atoms with Crippen molar-refractivity contribution in [2.24, 2.45) is 0 Å². The average Bonchev–Trinajstić information content (AvgIpc) is 2.83. The number of rotatable bonds is 5. The molecule has 0 atom stereocenters. The molecule has 0 saturated heterocycles. The van der Waals surface area contributed by atoms with Crippen molar-refractivity contribution in [2.75, 3.05) is 0 Å². The molecule has 0 amide bonds. The summed E-state index contributed by atoms with van der Waals surface area (Å²) in [6.45, 7) is 8.28. The van der Waals surface area contributed by atoms with E-state index in [1.165, 1.54) is 0 Å². The van der Waals surface area contributed by atoms with Gasteiger partial charge in [-0.1, -0.05) is 31.5 Å². The van der Waals surface area contributed by atoms with Gasteiger partial charge in [-0.2, -0.15) is 5.10 Å². The summed E-state index contributed by atoms with van der Waals surface area (Å²) in [5, 5.41) is 4.40. The van der Waals surface area contributed by atoms with Crippen LogP contribution in [0.3, 0.4) is 0 Å². The number of aromatic nitrogens is 3. The van der Waals surface area contributed by atoms with Crippen LogP contribution in [0.2, 0.25) is 0 Å². The number of ketones is 1. The highest BCUT2D eigenvalue weighted by Crippen LogP contribution is 2.13. The van der Waals surface area contributed by atoms with Crippen LogP contribution in [0.25, 0.3) is 0 Å². The molecule has 0 bridgehead atoms. The molecule has 1 heterocycles. The van der Waals surface area contributed by atoms with Gasteiger partial charge in [-0.3, -0.25) is 4.79 Å². The third-order valence-corrected chi connectivity index (χ3v) is 3.41. The van der Waals surface area contributed by atoms with Crippen LogP contribution in [0, 0.1) is 13.8 Å². The van der Waals surface area contributed by atoms with Crippen molar-refractivity contribution >= 4 is 5.78 Å². The zero-order chi connectivity index (χ0) is 14.7. The first-order valence-electron chi connectivity index (χ1n) is 7.08. The molecule has 0 aliphatic rings. The molecule has 0 N–H and O–H groups in total. The molecule has 106 valence electrons. The van der Waals surface area contributed by atoms with Gasteiger partial charge >= 0.3 is 0 Å². The van der Waals surface area contributed by atoms with E-state index in [1.54, 1.807) is 4.68 Å². The standard InChI is InChI=1S/C16H21N3O/c1-5-15-17-16(6-2)19(18-15)10-14(20)13-9-11(3)7-8-12(13)4/h7-9H,5-6,10H2,1-4H3. The summed E-state index contributed by atoms with van der Waals surface area (Å²) in [7, 11) is 0. The Bertz CT molecular complexity index is 629. The molecule has 0 aliphatic carbocycles. The highest BCUT2D eigenvalue weighted by atomic mass is 16.1. The van der Waals surface area contributed by atoms with Gasteiger partial charge in [-0.15, -0.1) is 0 Å². The second kappa shape index (κ2) is 5.99. The first-order chi connectivity index (χ1) is 9.55. The van der Waals surface area contributed by atoms with Crippen LogP contribution >= 0.6 is 0 Å². The number of nitrogens with zero attached hydrogens (tertiary/aromatic N) is 3. The minimum absolute atomic E-state index is 0.0912. The van der Waals surface area contributed by atoms with Crippen LogP contribution < -0.4 is 0 Å². The van der Waals surface area contributed by atoms with E-state index in [4.69, 9.17) is 0 Å². The Morgan fingerprint density at radius 1 is 1.20 bits per heavy atom. The topological polar surface area (TPSA) is 47.8 Å². The summed E-state index contributed by atoms with van der Waals surface area (Å²) >= 11 is 0. The van der Waals surface area contributed by atoms with Crippen molar-refractivity contribution in [1.82, 2.24) is 14.8 Å². The van der Waals surface area contributed by atoms with Crippen molar-refractivity contribution in [3.05, 3.63) is 46.5 Å². The molecule has 4 heteroatoms. The lowest BCUT2D eigenvalue weighted by Gasteiger charge is -2.07. The molecule has 20 heavy (non-hydrogen) atoms. The van der Waals surface area contributed by atoms with Crippen molar-refractivity contribution in [3.63, 3.8) is 0 Å². The lowest BCUT2D eigenvalue weighted by atomic mass is 10.0. The van der Waals surface area contributed by atoms with E-state index in [9.17, 15) is 4.79 Å². The maximum absolute atomic E-state index is 12.5. The highest BCUT2D eigenvalue weighted by Gasteiger charge is 2.14. The van der Waals surface area contributed by atoms with Gasteiger partial charge in [0.1, 0.15) is 12.4 Å². The van der Waals surface area contributed by atoms with Crippen LogP contribution in [0.4, 0.5) is 0 Å². The van der Waals surface area contributed by atoms with Gasteiger partial charge in [0.25, 0.3) is 0 Å². The second-order valence-electron chi connectivity index (χ2n) is 5.05. The SMILES string of the molecule is CCc1nc(CC)n(CC(=O)c2cc(C)ccc2C)n1. The van der Waals surface area contributed by atoms with Crippen LogP contribution in [-0.2, 0) is 19.4 Å². The smallest absolute Gasteiger partial charge is 0.184 e. The Labute approximate surface area is 119 Å². The van der Waals surface area contributed by atoms with E-state index in [-0.39, 0.29) is 12.3 Å². The third-order valence-electron chi connectivity index (χ3n) is 3.41. The molecule has 2 rings (SSSR count). The first-order valence-corrected chi connectivity index (χ1v) is 7.08. The Morgan fingerprint density at radius 2 is 1.95 bits per heavy atom. The van der Waals surface area contributed by atoms with Gasteiger partial charge in [0.2, 0.25) is 0 Å². The van der Waals surface area contributed by atoms with Crippen LogP contribution in [0.1, 0.15) is 47.0 Å². The molecular formula is C16H21N3O. The van der Waals surface area contributed by atoms with Crippen LogP contribution in [0.5, 0.6) is 0 Å². The second-order valence-corrected chi connectivity index (χ2v) is 5.05.